The highest BCUT2D eigenvalue weighted by Crippen LogP contribution is 2.30. The second-order valence-corrected chi connectivity index (χ2v) is 6.18. The Morgan fingerprint density at radius 1 is 1.26 bits per heavy atom. The molecule has 1 aromatic heterocycles. The van der Waals surface area contributed by atoms with Gasteiger partial charge in [0, 0.05) is 12.1 Å². The maximum absolute atomic E-state index is 5.62. The molecule has 0 amide bonds. The third kappa shape index (κ3) is 4.20. The summed E-state index contributed by atoms with van der Waals surface area (Å²) in [5.74, 6) is 2.14. The van der Waals surface area contributed by atoms with Gasteiger partial charge in [0.2, 0.25) is 5.89 Å². The Hall–Kier alpha value is -1.10. The van der Waals surface area contributed by atoms with E-state index >= 15 is 0 Å². The van der Waals surface area contributed by atoms with Gasteiger partial charge in [0.15, 0.2) is 0 Å². The zero-order valence-electron chi connectivity index (χ0n) is 12.4. The molecule has 0 spiro atoms. The van der Waals surface area contributed by atoms with Crippen molar-refractivity contribution >= 4 is 6.01 Å². The third-order valence-corrected chi connectivity index (χ3v) is 3.87. The highest BCUT2D eigenvalue weighted by molar-refractivity contribution is 5.20. The van der Waals surface area contributed by atoms with Crippen LogP contribution in [0.4, 0.5) is 6.01 Å². The fourth-order valence-corrected chi connectivity index (χ4v) is 2.71. The first-order valence-corrected chi connectivity index (χ1v) is 7.37. The average Bonchev–Trinajstić information content (AvgIpc) is 2.78. The van der Waals surface area contributed by atoms with Crippen LogP contribution < -0.4 is 10.6 Å². The van der Waals surface area contributed by atoms with E-state index in [0.29, 0.717) is 36.5 Å². The fraction of sp³-hybridized carbons (Fsp3) is 0.857. The average molecular weight is 266 g/mol. The van der Waals surface area contributed by atoms with E-state index in [1.54, 1.807) is 0 Å². The zero-order chi connectivity index (χ0) is 13.8. The van der Waals surface area contributed by atoms with E-state index in [-0.39, 0.29) is 0 Å². The van der Waals surface area contributed by atoms with Gasteiger partial charge in [-0.2, -0.15) is 0 Å². The van der Waals surface area contributed by atoms with Crippen molar-refractivity contribution in [1.29, 1.82) is 0 Å². The molecule has 108 valence electrons. The van der Waals surface area contributed by atoms with Gasteiger partial charge in [0.25, 0.3) is 0 Å². The van der Waals surface area contributed by atoms with Crippen molar-refractivity contribution < 1.29 is 4.42 Å². The van der Waals surface area contributed by atoms with E-state index in [1.807, 2.05) is 0 Å². The molecule has 3 unspecified atom stereocenters. The summed E-state index contributed by atoms with van der Waals surface area (Å²) >= 11 is 0. The molecule has 1 heterocycles. The Morgan fingerprint density at radius 2 is 2.05 bits per heavy atom. The van der Waals surface area contributed by atoms with Crippen LogP contribution in [0.5, 0.6) is 0 Å². The Bertz CT molecular complexity index is 391. The Balaban J connectivity index is 1.85. The first-order chi connectivity index (χ1) is 9.04. The first-order valence-electron chi connectivity index (χ1n) is 7.37. The van der Waals surface area contributed by atoms with Crippen molar-refractivity contribution in [2.24, 2.45) is 11.8 Å². The molecule has 0 saturated heterocycles. The molecule has 2 N–H and O–H groups in total. The lowest BCUT2D eigenvalue weighted by molar-refractivity contribution is 0.272. The van der Waals surface area contributed by atoms with Crippen molar-refractivity contribution in [1.82, 2.24) is 15.5 Å². The van der Waals surface area contributed by atoms with Gasteiger partial charge in [-0.15, -0.1) is 5.10 Å². The molecule has 0 bridgehead atoms. The molecule has 1 fully saturated rings. The summed E-state index contributed by atoms with van der Waals surface area (Å²) in [7, 11) is 0. The molecule has 0 aromatic carbocycles. The van der Waals surface area contributed by atoms with Gasteiger partial charge < -0.3 is 15.1 Å². The van der Waals surface area contributed by atoms with E-state index in [4.69, 9.17) is 4.42 Å². The number of aromatic nitrogens is 2. The van der Waals surface area contributed by atoms with Crippen LogP contribution >= 0.6 is 0 Å². The molecule has 5 heteroatoms. The molecule has 19 heavy (non-hydrogen) atoms. The number of nitrogens with zero attached hydrogens (tertiary/aromatic N) is 2. The minimum atomic E-state index is 0.420. The summed E-state index contributed by atoms with van der Waals surface area (Å²) in [4.78, 5) is 0. The fourth-order valence-electron chi connectivity index (χ4n) is 2.71. The van der Waals surface area contributed by atoms with Crippen molar-refractivity contribution in [2.45, 2.75) is 65.6 Å². The van der Waals surface area contributed by atoms with Crippen LogP contribution in [0.1, 0.15) is 52.8 Å². The molecule has 1 saturated carbocycles. The summed E-state index contributed by atoms with van der Waals surface area (Å²) in [5, 5.41) is 14.8. The van der Waals surface area contributed by atoms with Gasteiger partial charge in [-0.3, -0.25) is 0 Å². The summed E-state index contributed by atoms with van der Waals surface area (Å²) in [6, 6.07) is 1.44. The van der Waals surface area contributed by atoms with Crippen molar-refractivity contribution in [2.75, 3.05) is 5.32 Å². The van der Waals surface area contributed by atoms with Crippen LogP contribution in [-0.2, 0) is 6.54 Å². The molecular weight excluding hydrogens is 240 g/mol. The molecule has 0 aliphatic heterocycles. The Labute approximate surface area is 115 Å². The van der Waals surface area contributed by atoms with Gasteiger partial charge in [-0.25, -0.2) is 0 Å². The van der Waals surface area contributed by atoms with Crippen molar-refractivity contribution in [3.63, 3.8) is 0 Å². The minimum absolute atomic E-state index is 0.420. The largest absolute Gasteiger partial charge is 0.407 e. The number of rotatable bonds is 5. The standard InChI is InChI=1S/C14H26N4O/c1-9(2)15-8-13-17-18-14(19-13)16-12-6-5-10(3)7-11(12)4/h9-12,15H,5-8H2,1-4H3,(H,16,18). The van der Waals surface area contributed by atoms with Crippen LogP contribution in [0.3, 0.4) is 0 Å². The summed E-state index contributed by atoms with van der Waals surface area (Å²) in [6.07, 6.45) is 3.73. The summed E-state index contributed by atoms with van der Waals surface area (Å²) in [6.45, 7) is 9.45. The Kier molecular flexibility index (Phi) is 4.80. The van der Waals surface area contributed by atoms with Crippen molar-refractivity contribution in [3.05, 3.63) is 5.89 Å². The molecular formula is C14H26N4O. The minimum Gasteiger partial charge on any atom is -0.407 e. The van der Waals surface area contributed by atoms with Gasteiger partial charge in [-0.1, -0.05) is 32.8 Å². The second kappa shape index (κ2) is 6.37. The van der Waals surface area contributed by atoms with Gasteiger partial charge in [-0.05, 0) is 31.1 Å². The van der Waals surface area contributed by atoms with Crippen LogP contribution in [-0.4, -0.2) is 22.3 Å². The molecule has 3 atom stereocenters. The van der Waals surface area contributed by atoms with E-state index in [0.717, 1.165) is 5.92 Å². The quantitative estimate of drug-likeness (QED) is 0.858. The lowest BCUT2D eigenvalue weighted by atomic mass is 9.80. The highest BCUT2D eigenvalue weighted by Gasteiger charge is 2.26. The van der Waals surface area contributed by atoms with Gasteiger partial charge in [0.1, 0.15) is 0 Å². The smallest absolute Gasteiger partial charge is 0.315 e. The highest BCUT2D eigenvalue weighted by atomic mass is 16.4. The van der Waals surface area contributed by atoms with Crippen LogP contribution in [0.25, 0.3) is 0 Å². The lowest BCUT2D eigenvalue weighted by Gasteiger charge is -2.32. The van der Waals surface area contributed by atoms with Crippen LogP contribution in [0.2, 0.25) is 0 Å². The predicted octanol–water partition coefficient (Wildman–Crippen LogP) is 2.80. The molecule has 1 aromatic rings. The lowest BCUT2D eigenvalue weighted by Crippen LogP contribution is -2.33. The summed E-state index contributed by atoms with van der Waals surface area (Å²) < 4.78 is 5.62. The van der Waals surface area contributed by atoms with E-state index < -0.39 is 0 Å². The SMILES string of the molecule is CC1CCC(Nc2nnc(CNC(C)C)o2)C(C)C1. The molecule has 1 aliphatic rings. The molecule has 5 nitrogen and oxygen atoms in total. The normalized spacial score (nSPS) is 27.7. The maximum Gasteiger partial charge on any atom is 0.315 e. The monoisotopic (exact) mass is 266 g/mol. The molecule has 0 radical (unpaired) electrons. The topological polar surface area (TPSA) is 63.0 Å². The Morgan fingerprint density at radius 3 is 2.74 bits per heavy atom. The van der Waals surface area contributed by atoms with Gasteiger partial charge >= 0.3 is 6.01 Å². The maximum atomic E-state index is 5.62. The van der Waals surface area contributed by atoms with Gasteiger partial charge in [0.05, 0.1) is 6.54 Å². The first kappa shape index (κ1) is 14.3. The number of anilines is 1. The number of hydrogen-bond acceptors (Lipinski definition) is 5. The molecule has 1 aliphatic carbocycles. The van der Waals surface area contributed by atoms with Crippen LogP contribution in [0.15, 0.2) is 4.42 Å². The number of hydrogen-bond donors (Lipinski definition) is 2. The van der Waals surface area contributed by atoms with E-state index in [2.05, 4.69) is 48.5 Å². The second-order valence-electron chi connectivity index (χ2n) is 6.18. The third-order valence-electron chi connectivity index (χ3n) is 3.87. The van der Waals surface area contributed by atoms with E-state index in [1.165, 1.54) is 19.3 Å². The van der Waals surface area contributed by atoms with E-state index in [9.17, 15) is 0 Å². The predicted molar refractivity (Wildman–Crippen MR) is 75.9 cm³/mol. The van der Waals surface area contributed by atoms with Crippen molar-refractivity contribution in [3.8, 4) is 0 Å². The zero-order valence-corrected chi connectivity index (χ0v) is 12.4. The summed E-state index contributed by atoms with van der Waals surface area (Å²) in [5.41, 5.74) is 0. The molecule has 2 rings (SSSR count). The number of nitrogens with one attached hydrogen (secondary N) is 2. The van der Waals surface area contributed by atoms with Crippen LogP contribution in [0, 0.1) is 11.8 Å².